The van der Waals surface area contributed by atoms with E-state index in [1.165, 1.54) is 11.1 Å². The molecule has 3 amide bonds. The zero-order chi connectivity index (χ0) is 19.3. The normalized spacial score (nSPS) is 15.4. The lowest BCUT2D eigenvalue weighted by molar-refractivity contribution is 0.0635. The van der Waals surface area contributed by atoms with Gasteiger partial charge < -0.3 is 20.1 Å². The van der Waals surface area contributed by atoms with E-state index in [-0.39, 0.29) is 11.8 Å². The van der Waals surface area contributed by atoms with Crippen LogP contribution in [-0.2, 0) is 4.74 Å². The molecule has 1 fully saturated rings. The van der Waals surface area contributed by atoms with Crippen molar-refractivity contribution in [2.45, 2.75) is 39.2 Å². The van der Waals surface area contributed by atoms with Gasteiger partial charge in [0, 0.05) is 19.6 Å². The van der Waals surface area contributed by atoms with Crippen molar-refractivity contribution >= 4 is 34.6 Å². The lowest BCUT2D eigenvalue weighted by Gasteiger charge is -2.29. The molecule has 2 heterocycles. The van der Waals surface area contributed by atoms with E-state index in [4.69, 9.17) is 9.84 Å². The van der Waals surface area contributed by atoms with Crippen molar-refractivity contribution < 1.29 is 24.2 Å². The Morgan fingerprint density at radius 3 is 2.58 bits per heavy atom. The Morgan fingerprint density at radius 1 is 1.35 bits per heavy atom. The van der Waals surface area contributed by atoms with E-state index in [0.29, 0.717) is 29.6 Å². The van der Waals surface area contributed by atoms with Gasteiger partial charge in [-0.15, -0.1) is 0 Å². The van der Waals surface area contributed by atoms with Crippen molar-refractivity contribution in [2.24, 2.45) is 5.92 Å². The lowest BCUT2D eigenvalue weighted by Crippen LogP contribution is -2.40. The molecule has 1 saturated heterocycles. The summed E-state index contributed by atoms with van der Waals surface area (Å²) in [4.78, 5) is 40.6. The summed E-state index contributed by atoms with van der Waals surface area (Å²) in [7, 11) is 0. The Hall–Kier alpha value is -2.36. The number of likely N-dealkylation sites (tertiary alicyclic amines) is 1. The maximum atomic E-state index is 12.2. The number of nitrogens with one attached hydrogen (secondary N) is 2. The number of thiazole rings is 1. The van der Waals surface area contributed by atoms with Crippen molar-refractivity contribution in [1.29, 1.82) is 0 Å². The first-order valence-corrected chi connectivity index (χ1v) is 9.17. The number of carbonyl (C=O) groups is 3. The van der Waals surface area contributed by atoms with Crippen LogP contribution in [0.15, 0.2) is 6.20 Å². The van der Waals surface area contributed by atoms with E-state index in [0.717, 1.165) is 24.2 Å². The Kier molecular flexibility index (Phi) is 6.41. The second-order valence-electron chi connectivity index (χ2n) is 7.08. The SMILES string of the molecule is CC(C)(C)OC(=O)Nc1ncc(C(=O)NCC2CCN(C(=O)O)CC2)s1. The van der Waals surface area contributed by atoms with Crippen LogP contribution >= 0.6 is 11.3 Å². The van der Waals surface area contributed by atoms with Crippen LogP contribution in [0.25, 0.3) is 0 Å². The standard InChI is InChI=1S/C16H24N4O5S/c1-16(2,3)25-14(22)19-13-18-9-11(26-13)12(21)17-8-10-4-6-20(7-5-10)15(23)24/h9-10H,4-8H2,1-3H3,(H,17,21)(H,23,24)(H,18,19,22). The van der Waals surface area contributed by atoms with Gasteiger partial charge in [-0.2, -0.15) is 0 Å². The molecular weight excluding hydrogens is 360 g/mol. The van der Waals surface area contributed by atoms with Gasteiger partial charge in [-0.3, -0.25) is 10.1 Å². The molecule has 0 atom stereocenters. The topological polar surface area (TPSA) is 121 Å². The van der Waals surface area contributed by atoms with Crippen molar-refractivity contribution in [3.8, 4) is 0 Å². The van der Waals surface area contributed by atoms with Crippen molar-refractivity contribution in [1.82, 2.24) is 15.2 Å². The van der Waals surface area contributed by atoms with Gasteiger partial charge in [0.15, 0.2) is 5.13 Å². The van der Waals surface area contributed by atoms with Crippen LogP contribution in [0.5, 0.6) is 0 Å². The van der Waals surface area contributed by atoms with Crippen LogP contribution < -0.4 is 10.6 Å². The molecule has 144 valence electrons. The predicted molar refractivity (Wildman–Crippen MR) is 96.6 cm³/mol. The number of ether oxygens (including phenoxy) is 1. The van der Waals surface area contributed by atoms with Crippen LogP contribution in [-0.4, -0.2) is 58.3 Å². The fourth-order valence-electron chi connectivity index (χ4n) is 2.48. The second kappa shape index (κ2) is 8.35. The molecule has 0 spiro atoms. The maximum absolute atomic E-state index is 12.2. The molecule has 3 N–H and O–H groups in total. The number of hydrogen-bond donors (Lipinski definition) is 3. The highest BCUT2D eigenvalue weighted by Crippen LogP contribution is 2.20. The minimum atomic E-state index is -0.901. The van der Waals surface area contributed by atoms with Crippen LogP contribution in [0.4, 0.5) is 14.7 Å². The molecule has 0 aliphatic carbocycles. The lowest BCUT2D eigenvalue weighted by atomic mass is 9.97. The predicted octanol–water partition coefficient (Wildman–Crippen LogP) is 2.61. The third kappa shape index (κ3) is 6.17. The fraction of sp³-hybridized carbons (Fsp3) is 0.625. The average Bonchev–Trinajstić information content (AvgIpc) is 2.99. The summed E-state index contributed by atoms with van der Waals surface area (Å²) >= 11 is 1.07. The Morgan fingerprint density at radius 2 is 2.00 bits per heavy atom. The van der Waals surface area contributed by atoms with Gasteiger partial charge in [0.05, 0.1) is 6.20 Å². The van der Waals surface area contributed by atoms with Crippen LogP contribution in [0.3, 0.4) is 0 Å². The molecule has 0 radical (unpaired) electrons. The van der Waals surface area contributed by atoms with E-state index in [1.54, 1.807) is 20.8 Å². The summed E-state index contributed by atoms with van der Waals surface area (Å²) in [5.74, 6) is -0.0118. The minimum absolute atomic E-state index is 0.252. The number of amides is 3. The third-order valence-corrected chi connectivity index (χ3v) is 4.69. The van der Waals surface area contributed by atoms with Gasteiger partial charge in [0.25, 0.3) is 5.91 Å². The molecule has 0 unspecified atom stereocenters. The summed E-state index contributed by atoms with van der Waals surface area (Å²) in [6, 6.07) is 0. The highest BCUT2D eigenvalue weighted by atomic mass is 32.1. The molecule has 0 saturated carbocycles. The van der Waals surface area contributed by atoms with E-state index in [9.17, 15) is 14.4 Å². The quantitative estimate of drug-likeness (QED) is 0.734. The Balaban J connectivity index is 1.77. The Bertz CT molecular complexity index is 662. The van der Waals surface area contributed by atoms with Crippen LogP contribution in [0.1, 0.15) is 43.3 Å². The smallest absolute Gasteiger partial charge is 0.413 e. The van der Waals surface area contributed by atoms with E-state index in [1.807, 2.05) is 0 Å². The molecule has 26 heavy (non-hydrogen) atoms. The minimum Gasteiger partial charge on any atom is -0.465 e. The van der Waals surface area contributed by atoms with Gasteiger partial charge in [-0.05, 0) is 39.5 Å². The summed E-state index contributed by atoms with van der Waals surface area (Å²) in [6.07, 6.45) is 1.33. The molecule has 2 rings (SSSR count). The number of anilines is 1. The number of hydrogen-bond acceptors (Lipinski definition) is 6. The van der Waals surface area contributed by atoms with Crippen molar-refractivity contribution in [3.63, 3.8) is 0 Å². The number of nitrogens with zero attached hydrogens (tertiary/aromatic N) is 2. The Labute approximate surface area is 155 Å². The molecule has 1 aliphatic heterocycles. The largest absolute Gasteiger partial charge is 0.465 e. The molecule has 1 aromatic heterocycles. The summed E-state index contributed by atoms with van der Waals surface area (Å²) < 4.78 is 5.13. The van der Waals surface area contributed by atoms with Gasteiger partial charge in [0.1, 0.15) is 10.5 Å². The summed E-state index contributed by atoms with van der Waals surface area (Å²) in [6.45, 7) is 6.73. The first kappa shape index (κ1) is 20.0. The van der Waals surface area contributed by atoms with Crippen molar-refractivity contribution in [3.05, 3.63) is 11.1 Å². The molecule has 1 aliphatic rings. The molecule has 0 bridgehead atoms. The molecule has 0 aromatic carbocycles. The van der Waals surface area contributed by atoms with E-state index in [2.05, 4.69) is 15.6 Å². The zero-order valence-electron chi connectivity index (χ0n) is 15.1. The molecule has 10 heteroatoms. The molecule has 9 nitrogen and oxygen atoms in total. The van der Waals surface area contributed by atoms with E-state index < -0.39 is 17.8 Å². The van der Waals surface area contributed by atoms with Crippen LogP contribution in [0, 0.1) is 5.92 Å². The number of piperidine rings is 1. The van der Waals surface area contributed by atoms with Gasteiger partial charge in [0.2, 0.25) is 0 Å². The first-order valence-electron chi connectivity index (χ1n) is 8.36. The number of aromatic nitrogens is 1. The molecule has 1 aromatic rings. The second-order valence-corrected chi connectivity index (χ2v) is 8.11. The number of rotatable bonds is 4. The van der Waals surface area contributed by atoms with Crippen LogP contribution in [0.2, 0.25) is 0 Å². The highest BCUT2D eigenvalue weighted by molar-refractivity contribution is 7.17. The van der Waals surface area contributed by atoms with Gasteiger partial charge in [-0.25, -0.2) is 14.6 Å². The highest BCUT2D eigenvalue weighted by Gasteiger charge is 2.23. The molecular formula is C16H24N4O5S. The average molecular weight is 384 g/mol. The van der Waals surface area contributed by atoms with Gasteiger partial charge >= 0.3 is 12.2 Å². The fourth-order valence-corrected chi connectivity index (χ4v) is 3.20. The number of carbonyl (C=O) groups excluding carboxylic acids is 2. The van der Waals surface area contributed by atoms with Crippen molar-refractivity contribution in [2.75, 3.05) is 25.0 Å². The monoisotopic (exact) mass is 384 g/mol. The zero-order valence-corrected chi connectivity index (χ0v) is 15.9. The third-order valence-electron chi connectivity index (χ3n) is 3.77. The van der Waals surface area contributed by atoms with Gasteiger partial charge in [-0.1, -0.05) is 11.3 Å². The summed E-state index contributed by atoms with van der Waals surface area (Å²) in [5.41, 5.74) is -0.613. The number of carboxylic acid groups (broad SMARTS) is 1. The van der Waals surface area contributed by atoms with E-state index >= 15 is 0 Å². The summed E-state index contributed by atoms with van der Waals surface area (Å²) in [5, 5.41) is 14.6. The maximum Gasteiger partial charge on any atom is 0.413 e. The first-order chi connectivity index (χ1) is 12.1.